The Labute approximate surface area is 98.6 Å². The predicted molar refractivity (Wildman–Crippen MR) is 68.3 cm³/mol. The molecule has 0 atom stereocenters. The molecule has 0 nitrogen and oxygen atoms in total. The molecule has 3 rings (SSSR count). The largest absolute Gasteiger partial charge is 0.145 e. The van der Waals surface area contributed by atoms with Crippen LogP contribution in [0.3, 0.4) is 0 Å². The van der Waals surface area contributed by atoms with Gasteiger partial charge in [0.05, 0.1) is 0 Å². The summed E-state index contributed by atoms with van der Waals surface area (Å²) >= 11 is 2.39. The van der Waals surface area contributed by atoms with Crippen LogP contribution in [-0.4, -0.2) is 9.49 Å². The molecule has 2 saturated carbocycles. The number of hydrogen-bond acceptors (Lipinski definition) is 1. The highest BCUT2D eigenvalue weighted by molar-refractivity contribution is 8.09. The topological polar surface area (TPSA) is 0 Å². The molecule has 1 aliphatic heterocycles. The summed E-state index contributed by atoms with van der Waals surface area (Å²) in [5.41, 5.74) is 0. The van der Waals surface area contributed by atoms with E-state index >= 15 is 0 Å². The third kappa shape index (κ3) is 1.57. The summed E-state index contributed by atoms with van der Waals surface area (Å²) in [6, 6.07) is 0. The zero-order valence-corrected chi connectivity index (χ0v) is 11.0. The average Bonchev–Trinajstić information content (AvgIpc) is 2.84. The van der Waals surface area contributed by atoms with Gasteiger partial charge in [-0.1, -0.05) is 13.8 Å². The number of rotatable bonds is 0. The quantitative estimate of drug-likeness (QED) is 0.541. The van der Waals surface area contributed by atoms with Gasteiger partial charge in [-0.15, -0.1) is 11.8 Å². The van der Waals surface area contributed by atoms with Crippen molar-refractivity contribution >= 4 is 11.8 Å². The Balaban J connectivity index is 1.66. The molecule has 0 bridgehead atoms. The minimum Gasteiger partial charge on any atom is -0.145 e. The maximum Gasteiger partial charge on any atom is 0.0313 e. The Morgan fingerprint density at radius 3 is 1.40 bits per heavy atom. The predicted octanol–water partition coefficient (Wildman–Crippen LogP) is 4.63. The first-order valence-corrected chi connectivity index (χ1v) is 7.68. The number of fused-ring (bicyclic) bond motifs is 1. The van der Waals surface area contributed by atoms with Gasteiger partial charge in [0.2, 0.25) is 0 Å². The number of hydrogen-bond donors (Lipinski definition) is 0. The van der Waals surface area contributed by atoms with Crippen molar-refractivity contribution in [2.75, 3.05) is 0 Å². The van der Waals surface area contributed by atoms with Crippen LogP contribution in [-0.2, 0) is 0 Å². The Bertz CT molecular complexity index is 216. The third-order valence-corrected chi connectivity index (χ3v) is 7.52. The van der Waals surface area contributed by atoms with E-state index in [0.29, 0.717) is 0 Å². The van der Waals surface area contributed by atoms with Crippen LogP contribution in [0.15, 0.2) is 0 Å². The summed E-state index contributed by atoms with van der Waals surface area (Å²) in [6.45, 7) is 4.88. The fourth-order valence-corrected chi connectivity index (χ4v) is 5.91. The lowest BCUT2D eigenvalue weighted by atomic mass is 9.70. The van der Waals surface area contributed by atoms with Crippen LogP contribution in [0.4, 0.5) is 0 Å². The fraction of sp³-hybridized carbons (Fsp3) is 1.00. The van der Waals surface area contributed by atoms with Crippen molar-refractivity contribution in [1.82, 2.24) is 0 Å². The zero-order valence-electron chi connectivity index (χ0n) is 10.2. The Morgan fingerprint density at radius 1 is 0.733 bits per heavy atom. The highest BCUT2D eigenvalue weighted by atomic mass is 32.2. The van der Waals surface area contributed by atoms with Crippen LogP contribution in [0, 0.1) is 11.8 Å². The molecule has 0 aromatic heterocycles. The lowest BCUT2D eigenvalue weighted by Crippen LogP contribution is -2.33. The molecular weight excluding hydrogens is 200 g/mol. The summed E-state index contributed by atoms with van der Waals surface area (Å²) in [5.74, 6) is 2.02. The zero-order chi connectivity index (χ0) is 10.5. The van der Waals surface area contributed by atoms with Gasteiger partial charge in [0.25, 0.3) is 0 Å². The first-order chi connectivity index (χ1) is 7.16. The van der Waals surface area contributed by atoms with Gasteiger partial charge in [-0.25, -0.2) is 0 Å². The second-order valence-electron chi connectivity index (χ2n) is 6.46. The van der Waals surface area contributed by atoms with E-state index in [2.05, 4.69) is 25.6 Å². The third-order valence-electron chi connectivity index (χ3n) is 5.34. The van der Waals surface area contributed by atoms with E-state index in [-0.39, 0.29) is 0 Å². The molecule has 0 N–H and O–H groups in total. The molecular formula is C14H24S. The van der Waals surface area contributed by atoms with E-state index in [4.69, 9.17) is 0 Å². The monoisotopic (exact) mass is 224 g/mol. The summed E-state index contributed by atoms with van der Waals surface area (Å²) in [4.78, 5) is 0. The van der Waals surface area contributed by atoms with Gasteiger partial charge in [-0.2, -0.15) is 0 Å². The van der Waals surface area contributed by atoms with Crippen molar-refractivity contribution in [3.63, 3.8) is 0 Å². The van der Waals surface area contributed by atoms with E-state index in [1.807, 2.05) is 0 Å². The van der Waals surface area contributed by atoms with Gasteiger partial charge >= 0.3 is 0 Å². The highest BCUT2D eigenvalue weighted by Gasteiger charge is 2.67. The Morgan fingerprint density at radius 2 is 1.07 bits per heavy atom. The molecule has 0 radical (unpaired) electrons. The van der Waals surface area contributed by atoms with Crippen LogP contribution in [0.25, 0.3) is 0 Å². The van der Waals surface area contributed by atoms with Crippen molar-refractivity contribution in [3.8, 4) is 0 Å². The van der Waals surface area contributed by atoms with E-state index < -0.39 is 0 Å². The summed E-state index contributed by atoms with van der Waals surface area (Å²) in [5, 5.41) is 0. The lowest BCUT2D eigenvalue weighted by Gasteiger charge is -2.33. The second-order valence-corrected chi connectivity index (χ2v) is 8.22. The number of thioether (sulfide) groups is 1. The molecule has 3 fully saturated rings. The Hall–Kier alpha value is 0.350. The minimum atomic E-state index is 0.777. The van der Waals surface area contributed by atoms with Crippen LogP contribution >= 0.6 is 11.8 Å². The average molecular weight is 224 g/mol. The van der Waals surface area contributed by atoms with E-state index in [0.717, 1.165) is 21.3 Å². The molecule has 0 amide bonds. The molecule has 0 unspecified atom stereocenters. The van der Waals surface area contributed by atoms with Gasteiger partial charge < -0.3 is 0 Å². The smallest absolute Gasteiger partial charge is 0.0313 e. The Kier molecular flexibility index (Phi) is 2.39. The first kappa shape index (κ1) is 10.5. The molecule has 2 aliphatic carbocycles. The van der Waals surface area contributed by atoms with E-state index in [9.17, 15) is 0 Å². The van der Waals surface area contributed by atoms with E-state index in [1.165, 1.54) is 51.4 Å². The normalized spacial score (nSPS) is 54.8. The lowest BCUT2D eigenvalue weighted by molar-refractivity contribution is 0.250. The molecule has 0 aromatic carbocycles. The first-order valence-electron chi connectivity index (χ1n) is 6.86. The molecule has 86 valence electrons. The molecule has 1 saturated heterocycles. The van der Waals surface area contributed by atoms with Crippen LogP contribution < -0.4 is 0 Å². The second kappa shape index (κ2) is 3.42. The maximum atomic E-state index is 2.44. The summed E-state index contributed by atoms with van der Waals surface area (Å²) in [7, 11) is 0. The maximum absolute atomic E-state index is 2.44. The minimum absolute atomic E-state index is 0.777. The molecule has 0 aromatic rings. The van der Waals surface area contributed by atoms with Gasteiger partial charge in [-0.3, -0.25) is 0 Å². The van der Waals surface area contributed by atoms with Crippen molar-refractivity contribution in [1.29, 1.82) is 0 Å². The molecule has 1 heteroatoms. The molecule has 15 heavy (non-hydrogen) atoms. The highest BCUT2D eigenvalue weighted by Crippen LogP contribution is 2.75. The summed E-state index contributed by atoms with van der Waals surface area (Å²) in [6.07, 6.45) is 12.2. The van der Waals surface area contributed by atoms with Crippen molar-refractivity contribution in [2.24, 2.45) is 11.8 Å². The molecule has 3 aliphatic rings. The van der Waals surface area contributed by atoms with Crippen LogP contribution in [0.1, 0.15) is 65.2 Å². The van der Waals surface area contributed by atoms with Gasteiger partial charge in [-0.05, 0) is 63.2 Å². The van der Waals surface area contributed by atoms with Crippen molar-refractivity contribution < 1.29 is 0 Å². The SMILES string of the molecule is CC1CCC2(CC1)SC21CCC(C)CC1. The van der Waals surface area contributed by atoms with E-state index in [1.54, 1.807) is 0 Å². The van der Waals surface area contributed by atoms with Crippen molar-refractivity contribution in [2.45, 2.75) is 74.7 Å². The standard InChI is InChI=1S/C14H24S/c1-11-3-7-13(8-4-11)14(15-13)9-5-12(2)6-10-14/h11-12H,3-10H2,1-2H3. The van der Waals surface area contributed by atoms with Crippen LogP contribution in [0.2, 0.25) is 0 Å². The summed E-state index contributed by atoms with van der Waals surface area (Å²) < 4.78 is 1.55. The van der Waals surface area contributed by atoms with Crippen molar-refractivity contribution in [3.05, 3.63) is 0 Å². The fourth-order valence-electron chi connectivity index (χ4n) is 3.92. The molecule has 1 heterocycles. The van der Waals surface area contributed by atoms with Gasteiger partial charge in [0.1, 0.15) is 0 Å². The van der Waals surface area contributed by atoms with Gasteiger partial charge in [0, 0.05) is 9.49 Å². The van der Waals surface area contributed by atoms with Crippen LogP contribution in [0.5, 0.6) is 0 Å². The van der Waals surface area contributed by atoms with Gasteiger partial charge in [0.15, 0.2) is 0 Å². The molecule has 2 spiro atoms.